The quantitative estimate of drug-likeness (QED) is 0.390. The van der Waals surface area contributed by atoms with Crippen LogP contribution >= 0.6 is 0 Å². The van der Waals surface area contributed by atoms with Crippen LogP contribution in [0.5, 0.6) is 5.75 Å². The van der Waals surface area contributed by atoms with Crippen LogP contribution in [0, 0.1) is 11.7 Å². The van der Waals surface area contributed by atoms with Crippen LogP contribution in [-0.4, -0.2) is 70.3 Å². The van der Waals surface area contributed by atoms with Crippen LogP contribution in [-0.2, 0) is 29.5 Å². The van der Waals surface area contributed by atoms with Gasteiger partial charge in [-0.2, -0.15) is 5.10 Å². The Bertz CT molecular complexity index is 1260. The summed E-state index contributed by atoms with van der Waals surface area (Å²) >= 11 is 0. The van der Waals surface area contributed by atoms with Crippen LogP contribution in [0.3, 0.4) is 0 Å². The van der Waals surface area contributed by atoms with Crippen LogP contribution in [0.15, 0.2) is 60.7 Å². The number of carbonyl (C=O) groups excluding carboxylic acids is 2. The van der Waals surface area contributed by atoms with Crippen molar-refractivity contribution in [2.45, 2.75) is 38.8 Å². The lowest BCUT2D eigenvalue weighted by atomic mass is 9.96. The fraction of sp³-hybridized carbons (Fsp3) is 0.433. The second kappa shape index (κ2) is 12.4. The number of morpholine rings is 1. The molecule has 1 aromatic heterocycles. The van der Waals surface area contributed by atoms with E-state index in [1.54, 1.807) is 28.6 Å². The molecule has 8 nitrogen and oxygen atoms in total. The molecule has 1 aliphatic rings. The highest BCUT2D eigenvalue weighted by Gasteiger charge is 2.42. The average Bonchev–Trinajstić information content (AvgIpc) is 3.27. The second-order valence-electron chi connectivity index (χ2n) is 10.7. The number of nitrogens with zero attached hydrogens (tertiary/aromatic N) is 4. The molecule has 1 fully saturated rings. The normalized spacial score (nSPS) is 17.3. The molecule has 0 unspecified atom stereocenters. The largest absolute Gasteiger partial charge is 0.490 e. The second-order valence-corrected chi connectivity index (χ2v) is 10.7. The van der Waals surface area contributed by atoms with Gasteiger partial charge in [0.25, 0.3) is 5.91 Å². The zero-order valence-corrected chi connectivity index (χ0v) is 23.1. The number of aryl methyl sites for hydroxylation is 1. The summed E-state index contributed by atoms with van der Waals surface area (Å²) in [5, 5.41) is 4.52. The van der Waals surface area contributed by atoms with Crippen LogP contribution in [0.1, 0.15) is 42.0 Å². The highest BCUT2D eigenvalue weighted by molar-refractivity contribution is 5.93. The van der Waals surface area contributed by atoms with Crippen molar-refractivity contribution in [2.24, 2.45) is 13.0 Å². The number of carbonyl (C=O) groups is 2. The molecule has 4 rings (SSSR count). The molecule has 9 heteroatoms. The minimum absolute atomic E-state index is 0.0191. The molecule has 0 saturated carbocycles. The molecule has 0 N–H and O–H groups in total. The maximum absolute atomic E-state index is 13.6. The summed E-state index contributed by atoms with van der Waals surface area (Å²) in [6, 6.07) is 17.3. The number of ether oxygens (including phenoxy) is 2. The van der Waals surface area contributed by atoms with Crippen LogP contribution in [0.2, 0.25) is 0 Å². The third-order valence-corrected chi connectivity index (χ3v) is 6.78. The van der Waals surface area contributed by atoms with E-state index in [1.165, 1.54) is 24.3 Å². The number of amides is 2. The molecule has 0 aliphatic carbocycles. The van der Waals surface area contributed by atoms with E-state index in [0.717, 1.165) is 17.7 Å². The van der Waals surface area contributed by atoms with E-state index >= 15 is 0 Å². The maximum Gasteiger partial charge on any atom is 0.272 e. The van der Waals surface area contributed by atoms with E-state index in [-0.39, 0.29) is 43.8 Å². The lowest BCUT2D eigenvalue weighted by Crippen LogP contribution is -2.58. The summed E-state index contributed by atoms with van der Waals surface area (Å²) in [4.78, 5) is 30.4. The van der Waals surface area contributed by atoms with Crippen molar-refractivity contribution < 1.29 is 23.5 Å². The zero-order chi connectivity index (χ0) is 28.0. The molecule has 1 aliphatic heterocycles. The molecule has 1 saturated heterocycles. The Balaban J connectivity index is 1.53. The first-order valence-corrected chi connectivity index (χ1v) is 13.3. The van der Waals surface area contributed by atoms with Gasteiger partial charge < -0.3 is 19.3 Å². The molecule has 3 aromatic rings. The van der Waals surface area contributed by atoms with Gasteiger partial charge in [-0.05, 0) is 48.2 Å². The Morgan fingerprint density at radius 2 is 1.87 bits per heavy atom. The van der Waals surface area contributed by atoms with Crippen molar-refractivity contribution in [3.63, 3.8) is 0 Å². The van der Waals surface area contributed by atoms with Crippen molar-refractivity contribution in [1.29, 1.82) is 0 Å². The molecular weight excluding hydrogens is 499 g/mol. The fourth-order valence-electron chi connectivity index (χ4n) is 4.77. The lowest BCUT2D eigenvalue weighted by molar-refractivity contribution is -0.152. The van der Waals surface area contributed by atoms with Gasteiger partial charge in [0, 0.05) is 27.2 Å². The molecule has 0 spiro atoms. The molecule has 208 valence electrons. The van der Waals surface area contributed by atoms with E-state index in [9.17, 15) is 14.0 Å². The monoisotopic (exact) mass is 536 g/mol. The molecule has 2 heterocycles. The summed E-state index contributed by atoms with van der Waals surface area (Å²) < 4.78 is 27.3. The number of hydrogen-bond acceptors (Lipinski definition) is 5. The Hall–Kier alpha value is -3.72. The van der Waals surface area contributed by atoms with Gasteiger partial charge in [-0.15, -0.1) is 0 Å². The summed E-state index contributed by atoms with van der Waals surface area (Å²) in [6.07, 6.45) is 0.799. The smallest absolute Gasteiger partial charge is 0.272 e. The molecule has 1 atom stereocenters. The molecule has 2 aromatic carbocycles. The van der Waals surface area contributed by atoms with E-state index in [4.69, 9.17) is 9.47 Å². The SMILES string of the molecule is CC(C)Cc1cc(C(=O)N2CCO[C@@](COc3ccc(F)cc3)(CC(=O)N(C)Cc3ccccc3)C2)n(C)n1. The summed E-state index contributed by atoms with van der Waals surface area (Å²) in [5.74, 6) is 0.211. The van der Waals surface area contributed by atoms with Crippen LogP contribution in [0.25, 0.3) is 0 Å². The third kappa shape index (κ3) is 7.44. The van der Waals surface area contributed by atoms with Gasteiger partial charge in [0.1, 0.15) is 29.5 Å². The first-order chi connectivity index (χ1) is 18.6. The van der Waals surface area contributed by atoms with Gasteiger partial charge in [0.05, 0.1) is 25.3 Å². The Morgan fingerprint density at radius 3 is 2.56 bits per heavy atom. The van der Waals surface area contributed by atoms with E-state index < -0.39 is 5.60 Å². The molecular formula is C30H37FN4O4. The van der Waals surface area contributed by atoms with Crippen LogP contribution < -0.4 is 4.74 Å². The number of hydrogen-bond donors (Lipinski definition) is 0. The predicted molar refractivity (Wildman–Crippen MR) is 146 cm³/mol. The Morgan fingerprint density at radius 1 is 1.15 bits per heavy atom. The summed E-state index contributed by atoms with van der Waals surface area (Å²) in [5.41, 5.74) is 1.30. The highest BCUT2D eigenvalue weighted by atomic mass is 19.1. The van der Waals surface area contributed by atoms with Crippen molar-refractivity contribution >= 4 is 11.8 Å². The third-order valence-electron chi connectivity index (χ3n) is 6.78. The van der Waals surface area contributed by atoms with Gasteiger partial charge in [-0.1, -0.05) is 44.2 Å². The van der Waals surface area contributed by atoms with E-state index in [0.29, 0.717) is 30.5 Å². The van der Waals surface area contributed by atoms with Gasteiger partial charge in [-0.3, -0.25) is 14.3 Å². The van der Waals surface area contributed by atoms with Gasteiger partial charge in [0.2, 0.25) is 5.91 Å². The van der Waals surface area contributed by atoms with Crippen molar-refractivity contribution in [3.8, 4) is 5.75 Å². The average molecular weight is 537 g/mol. The predicted octanol–water partition coefficient (Wildman–Crippen LogP) is 4.10. The summed E-state index contributed by atoms with van der Waals surface area (Å²) in [7, 11) is 3.52. The molecule has 39 heavy (non-hydrogen) atoms. The molecule has 0 radical (unpaired) electrons. The number of rotatable bonds is 10. The standard InChI is InChI=1S/C30H37FN4O4/c1-22(2)16-25-17-27(34(4)32-25)29(37)35-14-15-39-30(20-35,21-38-26-12-10-24(31)11-13-26)18-28(36)33(3)19-23-8-6-5-7-9-23/h5-13,17,22H,14-16,18-21H2,1-4H3/t30-/m0/s1. The first-order valence-electron chi connectivity index (χ1n) is 13.3. The Labute approximate surface area is 229 Å². The lowest BCUT2D eigenvalue weighted by Gasteiger charge is -2.42. The fourth-order valence-corrected chi connectivity index (χ4v) is 4.77. The van der Waals surface area contributed by atoms with Crippen LogP contribution in [0.4, 0.5) is 4.39 Å². The maximum atomic E-state index is 13.6. The highest BCUT2D eigenvalue weighted by Crippen LogP contribution is 2.27. The minimum Gasteiger partial charge on any atom is -0.490 e. The number of benzene rings is 2. The van der Waals surface area contributed by atoms with Gasteiger partial charge >= 0.3 is 0 Å². The molecule has 0 bridgehead atoms. The van der Waals surface area contributed by atoms with Crippen molar-refractivity contribution in [2.75, 3.05) is 33.4 Å². The van der Waals surface area contributed by atoms with Crippen molar-refractivity contribution in [1.82, 2.24) is 19.6 Å². The summed E-state index contributed by atoms with van der Waals surface area (Å²) in [6.45, 7) is 5.50. The Kier molecular flexibility index (Phi) is 9.01. The number of aromatic nitrogens is 2. The minimum atomic E-state index is -1.08. The topological polar surface area (TPSA) is 76.9 Å². The molecule has 2 amide bonds. The van der Waals surface area contributed by atoms with Crippen molar-refractivity contribution in [3.05, 3.63) is 83.4 Å². The number of halogens is 1. The first kappa shape index (κ1) is 28.3. The van der Waals surface area contributed by atoms with Gasteiger partial charge in [0.15, 0.2) is 0 Å². The zero-order valence-electron chi connectivity index (χ0n) is 23.1. The van der Waals surface area contributed by atoms with Gasteiger partial charge in [-0.25, -0.2) is 4.39 Å². The van der Waals surface area contributed by atoms with E-state index in [1.807, 2.05) is 36.4 Å². The van der Waals surface area contributed by atoms with E-state index in [2.05, 4.69) is 18.9 Å².